The SMILES string of the molecule is COc1ccc(Cl)cc1NC(=O)Nc1ccc(Oc2cc(-n3ccnc3)ncn2)cc1. The maximum atomic E-state index is 12.3. The summed E-state index contributed by atoms with van der Waals surface area (Å²) in [5, 5.41) is 5.93. The Hall–Kier alpha value is -4.11. The summed E-state index contributed by atoms with van der Waals surface area (Å²) in [5.41, 5.74) is 1.04. The van der Waals surface area contributed by atoms with Gasteiger partial charge in [0.25, 0.3) is 0 Å². The Morgan fingerprint density at radius 2 is 1.90 bits per heavy atom. The average Bonchev–Trinajstić information content (AvgIpc) is 3.31. The van der Waals surface area contributed by atoms with Gasteiger partial charge in [-0.05, 0) is 42.5 Å². The number of anilines is 2. The minimum Gasteiger partial charge on any atom is -0.495 e. The lowest BCUT2D eigenvalue weighted by Crippen LogP contribution is -2.19. The molecule has 4 aromatic rings. The molecule has 0 fully saturated rings. The molecule has 10 heteroatoms. The lowest BCUT2D eigenvalue weighted by atomic mass is 10.3. The molecule has 4 rings (SSSR count). The van der Waals surface area contributed by atoms with Crippen LogP contribution in [0.5, 0.6) is 17.4 Å². The first kappa shape index (κ1) is 20.2. The van der Waals surface area contributed by atoms with Crippen molar-refractivity contribution >= 4 is 29.0 Å². The van der Waals surface area contributed by atoms with Crippen LogP contribution >= 0.6 is 11.6 Å². The van der Waals surface area contributed by atoms with Gasteiger partial charge in [-0.3, -0.25) is 4.57 Å². The van der Waals surface area contributed by atoms with Gasteiger partial charge in [0.2, 0.25) is 5.88 Å². The highest BCUT2D eigenvalue weighted by Gasteiger charge is 2.09. The van der Waals surface area contributed by atoms with Gasteiger partial charge in [0.05, 0.1) is 12.8 Å². The van der Waals surface area contributed by atoms with Crippen molar-refractivity contribution in [1.29, 1.82) is 0 Å². The van der Waals surface area contributed by atoms with Gasteiger partial charge in [-0.2, -0.15) is 0 Å². The van der Waals surface area contributed by atoms with E-state index < -0.39 is 6.03 Å². The molecule has 2 aromatic heterocycles. The summed E-state index contributed by atoms with van der Waals surface area (Å²) in [6.07, 6.45) is 6.48. The van der Waals surface area contributed by atoms with Crippen LogP contribution in [0, 0.1) is 0 Å². The highest BCUT2D eigenvalue weighted by atomic mass is 35.5. The first-order chi connectivity index (χ1) is 15.1. The summed E-state index contributed by atoms with van der Waals surface area (Å²) < 4.78 is 12.7. The summed E-state index contributed by atoms with van der Waals surface area (Å²) in [5.74, 6) is 2.07. The van der Waals surface area contributed by atoms with E-state index in [1.807, 2.05) is 0 Å². The molecule has 0 atom stereocenters. The van der Waals surface area contributed by atoms with Gasteiger partial charge in [0, 0.05) is 29.2 Å². The van der Waals surface area contributed by atoms with Crippen molar-refractivity contribution in [3.63, 3.8) is 0 Å². The van der Waals surface area contributed by atoms with Gasteiger partial charge in [-0.25, -0.2) is 19.7 Å². The Bertz CT molecular complexity index is 1180. The fourth-order valence-corrected chi connectivity index (χ4v) is 2.88. The van der Waals surface area contributed by atoms with Gasteiger partial charge in [-0.1, -0.05) is 11.6 Å². The predicted molar refractivity (Wildman–Crippen MR) is 116 cm³/mol. The molecule has 0 saturated carbocycles. The molecule has 2 heterocycles. The molecule has 0 aliphatic rings. The van der Waals surface area contributed by atoms with E-state index in [2.05, 4.69) is 25.6 Å². The fraction of sp³-hybridized carbons (Fsp3) is 0.0476. The Labute approximate surface area is 182 Å². The Morgan fingerprint density at radius 3 is 2.65 bits per heavy atom. The number of hydrogen-bond donors (Lipinski definition) is 2. The molecule has 0 aliphatic heterocycles. The van der Waals surface area contributed by atoms with Gasteiger partial charge >= 0.3 is 6.03 Å². The second kappa shape index (κ2) is 9.14. The van der Waals surface area contributed by atoms with Gasteiger partial charge in [-0.15, -0.1) is 0 Å². The largest absolute Gasteiger partial charge is 0.495 e. The number of benzene rings is 2. The van der Waals surface area contributed by atoms with Crippen LogP contribution in [0.2, 0.25) is 5.02 Å². The normalized spacial score (nSPS) is 10.4. The van der Waals surface area contributed by atoms with E-state index in [1.165, 1.54) is 13.4 Å². The molecule has 2 amide bonds. The molecule has 0 radical (unpaired) electrons. The maximum Gasteiger partial charge on any atom is 0.323 e. The van der Waals surface area contributed by atoms with E-state index in [1.54, 1.807) is 71.8 Å². The average molecular weight is 437 g/mol. The fourth-order valence-electron chi connectivity index (χ4n) is 2.71. The summed E-state index contributed by atoms with van der Waals surface area (Å²) >= 11 is 5.99. The number of nitrogens with zero attached hydrogens (tertiary/aromatic N) is 4. The van der Waals surface area contributed by atoms with E-state index in [9.17, 15) is 4.79 Å². The van der Waals surface area contributed by atoms with E-state index in [0.29, 0.717) is 39.6 Å². The zero-order valence-corrected chi connectivity index (χ0v) is 17.1. The van der Waals surface area contributed by atoms with Gasteiger partial charge in [0.1, 0.15) is 30.0 Å². The third-order valence-electron chi connectivity index (χ3n) is 4.14. The smallest absolute Gasteiger partial charge is 0.323 e. The quantitative estimate of drug-likeness (QED) is 0.451. The second-order valence-corrected chi connectivity index (χ2v) is 6.67. The van der Waals surface area contributed by atoms with Crippen LogP contribution in [0.15, 0.2) is 73.6 Å². The number of carbonyl (C=O) groups excluding carboxylic acids is 1. The van der Waals surface area contributed by atoms with E-state index in [4.69, 9.17) is 21.1 Å². The van der Waals surface area contributed by atoms with Crippen LogP contribution in [0.25, 0.3) is 5.82 Å². The molecule has 0 bridgehead atoms. The number of amides is 2. The molecule has 31 heavy (non-hydrogen) atoms. The predicted octanol–water partition coefficient (Wildman–Crippen LogP) is 4.76. The monoisotopic (exact) mass is 436 g/mol. The van der Waals surface area contributed by atoms with Crippen LogP contribution in [0.1, 0.15) is 0 Å². The van der Waals surface area contributed by atoms with Crippen molar-refractivity contribution in [2.24, 2.45) is 0 Å². The van der Waals surface area contributed by atoms with Crippen molar-refractivity contribution in [2.75, 3.05) is 17.7 Å². The van der Waals surface area contributed by atoms with Crippen LogP contribution in [0.3, 0.4) is 0 Å². The highest BCUT2D eigenvalue weighted by Crippen LogP contribution is 2.28. The number of aromatic nitrogens is 4. The topological polar surface area (TPSA) is 103 Å². The lowest BCUT2D eigenvalue weighted by Gasteiger charge is -2.12. The Morgan fingerprint density at radius 1 is 1.06 bits per heavy atom. The zero-order valence-electron chi connectivity index (χ0n) is 16.3. The van der Waals surface area contributed by atoms with Crippen LogP contribution in [-0.2, 0) is 0 Å². The standard InChI is InChI=1S/C21H17ClN6O3/c1-30-18-7-2-14(22)10-17(18)27-21(29)26-15-3-5-16(6-4-15)31-20-11-19(24-12-25-20)28-9-8-23-13-28/h2-13H,1H3,(H2,26,27,29). The first-order valence-electron chi connectivity index (χ1n) is 9.10. The van der Waals surface area contributed by atoms with E-state index in [0.717, 1.165) is 0 Å². The summed E-state index contributed by atoms with van der Waals surface area (Å²) in [6, 6.07) is 13.1. The number of rotatable bonds is 6. The van der Waals surface area contributed by atoms with E-state index >= 15 is 0 Å². The molecule has 0 unspecified atom stereocenters. The van der Waals surface area contributed by atoms with Gasteiger partial charge < -0.3 is 20.1 Å². The van der Waals surface area contributed by atoms with Crippen molar-refractivity contribution in [1.82, 2.24) is 19.5 Å². The molecule has 0 spiro atoms. The second-order valence-electron chi connectivity index (χ2n) is 6.23. The third kappa shape index (κ3) is 5.09. The number of methoxy groups -OCH3 is 1. The van der Waals surface area contributed by atoms with Gasteiger partial charge in [0.15, 0.2) is 0 Å². The number of imidazole rings is 1. The highest BCUT2D eigenvalue weighted by molar-refractivity contribution is 6.31. The Balaban J connectivity index is 1.39. The maximum absolute atomic E-state index is 12.3. The first-order valence-corrected chi connectivity index (χ1v) is 9.48. The molecule has 156 valence electrons. The number of halogens is 1. The molecule has 9 nitrogen and oxygen atoms in total. The van der Waals surface area contributed by atoms with Crippen LogP contribution in [-0.4, -0.2) is 32.7 Å². The molecule has 2 aromatic carbocycles. The molecule has 0 aliphatic carbocycles. The minimum atomic E-state index is -0.435. The van der Waals surface area contributed by atoms with Crippen molar-refractivity contribution in [3.05, 3.63) is 78.6 Å². The number of ether oxygens (including phenoxy) is 2. The number of urea groups is 1. The zero-order chi connectivity index (χ0) is 21.6. The molecule has 0 saturated heterocycles. The third-order valence-corrected chi connectivity index (χ3v) is 4.38. The Kier molecular flexibility index (Phi) is 5.95. The summed E-state index contributed by atoms with van der Waals surface area (Å²) in [6.45, 7) is 0. The molecular weight excluding hydrogens is 420 g/mol. The van der Waals surface area contributed by atoms with Crippen molar-refractivity contribution in [2.45, 2.75) is 0 Å². The van der Waals surface area contributed by atoms with Crippen LogP contribution < -0.4 is 20.1 Å². The van der Waals surface area contributed by atoms with E-state index in [-0.39, 0.29) is 0 Å². The van der Waals surface area contributed by atoms with Crippen LogP contribution in [0.4, 0.5) is 16.2 Å². The summed E-state index contributed by atoms with van der Waals surface area (Å²) in [7, 11) is 1.51. The number of nitrogens with one attached hydrogen (secondary N) is 2. The number of hydrogen-bond acceptors (Lipinski definition) is 6. The minimum absolute atomic E-state index is 0.380. The number of carbonyl (C=O) groups is 1. The summed E-state index contributed by atoms with van der Waals surface area (Å²) in [4.78, 5) is 24.6. The molecular formula is C21H17ClN6O3. The molecule has 2 N–H and O–H groups in total. The lowest BCUT2D eigenvalue weighted by molar-refractivity contribution is 0.262. The van der Waals surface area contributed by atoms with Crippen molar-refractivity contribution < 1.29 is 14.3 Å². The van der Waals surface area contributed by atoms with Crippen molar-refractivity contribution in [3.8, 4) is 23.2 Å².